The summed E-state index contributed by atoms with van der Waals surface area (Å²) in [6, 6.07) is 8.16. The maximum Gasteiger partial charge on any atom is 0.0721 e. The van der Waals surface area contributed by atoms with E-state index in [1.165, 1.54) is 0 Å². The van der Waals surface area contributed by atoms with Crippen LogP contribution in [-0.2, 0) is 11.3 Å². The number of nitrogens with one attached hydrogen (secondary N) is 1. The predicted molar refractivity (Wildman–Crippen MR) is 73.4 cm³/mol. The second-order valence-corrected chi connectivity index (χ2v) is 4.84. The van der Waals surface area contributed by atoms with Crippen molar-refractivity contribution in [3.8, 4) is 0 Å². The van der Waals surface area contributed by atoms with Crippen LogP contribution in [0.15, 0.2) is 36.4 Å². The van der Waals surface area contributed by atoms with Gasteiger partial charge in [-0.2, -0.15) is 0 Å². The smallest absolute Gasteiger partial charge is 0.0721 e. The van der Waals surface area contributed by atoms with E-state index in [1.807, 2.05) is 24.3 Å². The molecule has 0 amide bonds. The molecule has 0 aliphatic heterocycles. The molecule has 0 heterocycles. The molecule has 17 heavy (non-hydrogen) atoms. The average Bonchev–Trinajstić information content (AvgIpc) is 2.29. The summed E-state index contributed by atoms with van der Waals surface area (Å²) in [5.74, 6) is 0. The Kier molecular flexibility index (Phi) is 6.27. The molecule has 3 heteroatoms. The van der Waals surface area contributed by atoms with E-state index in [0.29, 0.717) is 19.3 Å². The van der Waals surface area contributed by atoms with Crippen LogP contribution >= 0.6 is 11.6 Å². The van der Waals surface area contributed by atoms with Crippen LogP contribution in [0.1, 0.15) is 19.4 Å². The molecule has 1 aromatic carbocycles. The zero-order valence-electron chi connectivity index (χ0n) is 10.5. The van der Waals surface area contributed by atoms with Crippen molar-refractivity contribution in [3.05, 3.63) is 47.0 Å². The molecule has 1 aromatic rings. The summed E-state index contributed by atoms with van der Waals surface area (Å²) in [6.45, 7) is 10.2. The lowest BCUT2D eigenvalue weighted by atomic mass is 10.2. The van der Waals surface area contributed by atoms with Crippen LogP contribution in [0, 0.1) is 0 Å². The van der Waals surface area contributed by atoms with Gasteiger partial charge in [-0.05, 0) is 23.3 Å². The fourth-order valence-corrected chi connectivity index (χ4v) is 1.42. The first kappa shape index (κ1) is 14.2. The van der Waals surface area contributed by atoms with Crippen LogP contribution in [-0.4, -0.2) is 19.2 Å². The molecule has 0 saturated heterocycles. The van der Waals surface area contributed by atoms with Crippen LogP contribution in [0.3, 0.4) is 0 Å². The molecule has 0 radical (unpaired) electrons. The van der Waals surface area contributed by atoms with Gasteiger partial charge < -0.3 is 10.1 Å². The van der Waals surface area contributed by atoms with E-state index >= 15 is 0 Å². The minimum absolute atomic E-state index is 0.475. The Morgan fingerprint density at radius 1 is 1.35 bits per heavy atom. The fourth-order valence-electron chi connectivity index (χ4n) is 1.29. The van der Waals surface area contributed by atoms with Crippen LogP contribution < -0.4 is 5.32 Å². The summed E-state index contributed by atoms with van der Waals surface area (Å²) in [4.78, 5) is 0. The van der Waals surface area contributed by atoms with Crippen LogP contribution in [0.2, 0.25) is 5.02 Å². The Hall–Kier alpha value is -0.830. The first-order valence-electron chi connectivity index (χ1n) is 5.80. The van der Waals surface area contributed by atoms with Crippen molar-refractivity contribution in [2.45, 2.75) is 26.5 Å². The lowest BCUT2D eigenvalue weighted by molar-refractivity contribution is 0.141. The van der Waals surface area contributed by atoms with Crippen molar-refractivity contribution in [2.24, 2.45) is 0 Å². The maximum absolute atomic E-state index is 5.80. The Morgan fingerprint density at radius 2 is 2.00 bits per heavy atom. The van der Waals surface area contributed by atoms with Gasteiger partial charge in [-0.1, -0.05) is 44.2 Å². The van der Waals surface area contributed by atoms with Gasteiger partial charge in [0.1, 0.15) is 0 Å². The maximum atomic E-state index is 5.80. The van der Waals surface area contributed by atoms with E-state index in [-0.39, 0.29) is 0 Å². The number of benzene rings is 1. The van der Waals surface area contributed by atoms with E-state index in [1.54, 1.807) is 0 Å². The highest BCUT2D eigenvalue weighted by Crippen LogP contribution is 2.10. The molecule has 0 unspecified atom stereocenters. The predicted octanol–water partition coefficient (Wildman–Crippen LogP) is 3.41. The van der Waals surface area contributed by atoms with Gasteiger partial charge in [0.2, 0.25) is 0 Å². The summed E-state index contributed by atoms with van der Waals surface area (Å²) in [6.07, 6.45) is 0. The molecule has 0 atom stereocenters. The average molecular weight is 254 g/mol. The van der Waals surface area contributed by atoms with Crippen molar-refractivity contribution < 1.29 is 4.74 Å². The van der Waals surface area contributed by atoms with Crippen molar-refractivity contribution in [1.82, 2.24) is 5.32 Å². The van der Waals surface area contributed by atoms with Crippen molar-refractivity contribution in [1.29, 1.82) is 0 Å². The largest absolute Gasteiger partial charge is 0.372 e. The topological polar surface area (TPSA) is 21.3 Å². The van der Waals surface area contributed by atoms with E-state index in [9.17, 15) is 0 Å². The highest BCUT2D eigenvalue weighted by molar-refractivity contribution is 6.30. The molecule has 94 valence electrons. The molecule has 0 bridgehead atoms. The van der Waals surface area contributed by atoms with Gasteiger partial charge in [0.15, 0.2) is 0 Å². The number of rotatable bonds is 7. The third kappa shape index (κ3) is 6.47. The molecular weight excluding hydrogens is 234 g/mol. The van der Waals surface area contributed by atoms with Gasteiger partial charge in [0.05, 0.1) is 13.2 Å². The minimum atomic E-state index is 0.475. The molecular formula is C14H20ClNO. The van der Waals surface area contributed by atoms with Crippen molar-refractivity contribution in [2.75, 3.05) is 13.2 Å². The Bertz CT molecular complexity index is 346. The zero-order valence-corrected chi connectivity index (χ0v) is 11.3. The molecule has 1 N–H and O–H groups in total. The third-order valence-electron chi connectivity index (χ3n) is 2.25. The SMILES string of the molecule is C=C(CNC(C)C)COCc1ccc(Cl)cc1. The molecule has 1 rings (SSSR count). The molecule has 0 fully saturated rings. The van der Waals surface area contributed by atoms with Crippen LogP contribution in [0.25, 0.3) is 0 Å². The van der Waals surface area contributed by atoms with Gasteiger partial charge in [0.25, 0.3) is 0 Å². The third-order valence-corrected chi connectivity index (χ3v) is 2.50. The van der Waals surface area contributed by atoms with Crippen molar-refractivity contribution >= 4 is 11.6 Å². The normalized spacial score (nSPS) is 10.8. The zero-order chi connectivity index (χ0) is 12.7. The number of ether oxygens (including phenoxy) is 1. The highest BCUT2D eigenvalue weighted by Gasteiger charge is 1.98. The lowest BCUT2D eigenvalue weighted by Gasteiger charge is -2.11. The quantitative estimate of drug-likeness (QED) is 0.752. The number of hydrogen-bond donors (Lipinski definition) is 1. The van der Waals surface area contributed by atoms with Gasteiger partial charge in [-0.15, -0.1) is 0 Å². The number of halogens is 1. The van der Waals surface area contributed by atoms with E-state index in [2.05, 4.69) is 25.7 Å². The Labute approximate surface area is 109 Å². The van der Waals surface area contributed by atoms with E-state index < -0.39 is 0 Å². The first-order valence-corrected chi connectivity index (χ1v) is 6.18. The van der Waals surface area contributed by atoms with Gasteiger partial charge in [0, 0.05) is 17.6 Å². The summed E-state index contributed by atoms with van der Waals surface area (Å²) in [5.41, 5.74) is 2.19. The monoisotopic (exact) mass is 253 g/mol. The van der Waals surface area contributed by atoms with Crippen LogP contribution in [0.4, 0.5) is 0 Å². The summed E-state index contributed by atoms with van der Waals surface area (Å²) in [5, 5.41) is 4.05. The van der Waals surface area contributed by atoms with Crippen LogP contribution in [0.5, 0.6) is 0 Å². The second-order valence-electron chi connectivity index (χ2n) is 4.40. The summed E-state index contributed by atoms with van der Waals surface area (Å²) in [7, 11) is 0. The lowest BCUT2D eigenvalue weighted by Crippen LogP contribution is -2.25. The van der Waals surface area contributed by atoms with E-state index in [4.69, 9.17) is 16.3 Å². The molecule has 0 aliphatic rings. The van der Waals surface area contributed by atoms with Gasteiger partial charge in [-0.25, -0.2) is 0 Å². The molecule has 2 nitrogen and oxygen atoms in total. The Balaban J connectivity index is 2.19. The summed E-state index contributed by atoms with van der Waals surface area (Å²) >= 11 is 5.80. The minimum Gasteiger partial charge on any atom is -0.372 e. The molecule has 0 aromatic heterocycles. The second kappa shape index (κ2) is 7.49. The standard InChI is InChI=1S/C14H20ClNO/c1-11(2)16-8-12(3)9-17-10-13-4-6-14(15)7-5-13/h4-7,11,16H,3,8-10H2,1-2H3. The first-order chi connectivity index (χ1) is 8.08. The Morgan fingerprint density at radius 3 is 2.59 bits per heavy atom. The molecule has 0 spiro atoms. The fraction of sp³-hybridized carbons (Fsp3) is 0.429. The molecule has 0 aliphatic carbocycles. The van der Waals surface area contributed by atoms with E-state index in [0.717, 1.165) is 22.7 Å². The van der Waals surface area contributed by atoms with Gasteiger partial charge in [-0.3, -0.25) is 0 Å². The number of hydrogen-bond acceptors (Lipinski definition) is 2. The highest BCUT2D eigenvalue weighted by atomic mass is 35.5. The summed E-state index contributed by atoms with van der Waals surface area (Å²) < 4.78 is 5.57. The van der Waals surface area contributed by atoms with Crippen molar-refractivity contribution in [3.63, 3.8) is 0 Å². The van der Waals surface area contributed by atoms with Gasteiger partial charge >= 0.3 is 0 Å². The molecule has 0 saturated carbocycles.